The van der Waals surface area contributed by atoms with Gasteiger partial charge in [0.1, 0.15) is 18.8 Å². The van der Waals surface area contributed by atoms with E-state index in [1.807, 2.05) is 11.9 Å². The van der Waals surface area contributed by atoms with Crippen molar-refractivity contribution in [3.63, 3.8) is 0 Å². The molecule has 0 aliphatic carbocycles. The summed E-state index contributed by atoms with van der Waals surface area (Å²) < 4.78 is 4.92. The van der Waals surface area contributed by atoms with Gasteiger partial charge in [0, 0.05) is 25.2 Å². The number of ketones is 1. The van der Waals surface area contributed by atoms with E-state index in [1.54, 1.807) is 12.1 Å². The predicted molar refractivity (Wildman–Crippen MR) is 75.7 cm³/mol. The zero-order valence-electron chi connectivity index (χ0n) is 12.1. The number of benzene rings is 1. The second-order valence-electron chi connectivity index (χ2n) is 4.76. The van der Waals surface area contributed by atoms with Crippen LogP contribution in [0.1, 0.15) is 18.9 Å². The van der Waals surface area contributed by atoms with Crippen LogP contribution in [0, 0.1) is 10.1 Å². The Bertz CT molecular complexity index is 513. The van der Waals surface area contributed by atoms with Crippen molar-refractivity contribution in [1.29, 1.82) is 0 Å². The lowest BCUT2D eigenvalue weighted by molar-refractivity contribution is -0.384. The maximum atomic E-state index is 11.2. The largest absolute Gasteiger partial charge is 0.464 e. The number of nitrogens with zero attached hydrogens (tertiary/aromatic N) is 2. The number of hydrogen-bond donors (Lipinski definition) is 0. The predicted octanol–water partition coefficient (Wildman–Crippen LogP) is 1.55. The van der Waals surface area contributed by atoms with Crippen molar-refractivity contribution in [1.82, 2.24) is 4.90 Å². The van der Waals surface area contributed by atoms with Crippen molar-refractivity contribution in [2.45, 2.75) is 19.9 Å². The van der Waals surface area contributed by atoms with E-state index < -0.39 is 10.9 Å². The van der Waals surface area contributed by atoms with Gasteiger partial charge in [0.15, 0.2) is 0 Å². The van der Waals surface area contributed by atoms with E-state index in [0.29, 0.717) is 13.1 Å². The molecule has 0 spiro atoms. The first kappa shape index (κ1) is 16.8. The van der Waals surface area contributed by atoms with Crippen LogP contribution in [-0.4, -0.2) is 41.8 Å². The molecule has 0 saturated heterocycles. The first-order chi connectivity index (χ1) is 9.88. The molecule has 0 N–H and O–H groups in total. The Morgan fingerprint density at radius 2 is 1.90 bits per heavy atom. The zero-order chi connectivity index (χ0) is 15.8. The summed E-state index contributed by atoms with van der Waals surface area (Å²) in [5.41, 5.74) is 0.984. The highest BCUT2D eigenvalue weighted by molar-refractivity contribution is 5.94. The Kier molecular flexibility index (Phi) is 6.48. The third-order valence-corrected chi connectivity index (χ3v) is 2.73. The van der Waals surface area contributed by atoms with Gasteiger partial charge >= 0.3 is 5.97 Å². The molecule has 0 amide bonds. The van der Waals surface area contributed by atoms with E-state index in [1.165, 1.54) is 19.1 Å². The van der Waals surface area contributed by atoms with Crippen molar-refractivity contribution in [3.8, 4) is 0 Å². The minimum absolute atomic E-state index is 0.0552. The average molecular weight is 294 g/mol. The van der Waals surface area contributed by atoms with Gasteiger partial charge in [-0.05, 0) is 19.5 Å². The highest BCUT2D eigenvalue weighted by Crippen LogP contribution is 2.12. The summed E-state index contributed by atoms with van der Waals surface area (Å²) in [5.74, 6) is -0.745. The molecule has 0 saturated carbocycles. The van der Waals surface area contributed by atoms with Crippen LogP contribution in [0.5, 0.6) is 0 Å². The molecule has 7 heteroatoms. The molecule has 114 valence electrons. The summed E-state index contributed by atoms with van der Waals surface area (Å²) >= 11 is 0. The summed E-state index contributed by atoms with van der Waals surface area (Å²) in [5, 5.41) is 10.5. The lowest BCUT2D eigenvalue weighted by atomic mass is 10.2. The van der Waals surface area contributed by atoms with Crippen LogP contribution in [0.2, 0.25) is 0 Å². The maximum Gasteiger partial charge on any atom is 0.313 e. The van der Waals surface area contributed by atoms with E-state index in [2.05, 4.69) is 0 Å². The normalized spacial score (nSPS) is 10.4. The van der Waals surface area contributed by atoms with Crippen molar-refractivity contribution >= 4 is 17.4 Å². The number of rotatable bonds is 8. The molecular weight excluding hydrogens is 276 g/mol. The van der Waals surface area contributed by atoms with E-state index in [-0.39, 0.29) is 24.5 Å². The van der Waals surface area contributed by atoms with Gasteiger partial charge in [-0.1, -0.05) is 12.1 Å². The van der Waals surface area contributed by atoms with Gasteiger partial charge in [0.05, 0.1) is 4.92 Å². The molecule has 21 heavy (non-hydrogen) atoms. The molecule has 1 aromatic carbocycles. The molecule has 7 nitrogen and oxygen atoms in total. The molecule has 0 aliphatic rings. The van der Waals surface area contributed by atoms with Gasteiger partial charge in [-0.3, -0.25) is 24.6 Å². The van der Waals surface area contributed by atoms with Gasteiger partial charge in [-0.25, -0.2) is 0 Å². The summed E-state index contributed by atoms with van der Waals surface area (Å²) in [6, 6.07) is 6.29. The number of ether oxygens (including phenoxy) is 1. The number of nitro groups is 1. The maximum absolute atomic E-state index is 11.2. The van der Waals surface area contributed by atoms with Crippen LogP contribution in [0.15, 0.2) is 24.3 Å². The molecule has 0 heterocycles. The standard InChI is InChI=1S/C14H18N2O5/c1-11(17)9-14(18)21-8-7-15(2)10-12-3-5-13(6-4-12)16(19)20/h3-6H,7-10H2,1-2H3. The van der Waals surface area contributed by atoms with Gasteiger partial charge in [0.25, 0.3) is 5.69 Å². The van der Waals surface area contributed by atoms with E-state index in [0.717, 1.165) is 5.56 Å². The molecule has 0 radical (unpaired) electrons. The lowest BCUT2D eigenvalue weighted by Gasteiger charge is -2.16. The Hall–Kier alpha value is -2.28. The first-order valence-corrected chi connectivity index (χ1v) is 6.45. The monoisotopic (exact) mass is 294 g/mol. The van der Waals surface area contributed by atoms with Crippen LogP contribution in [0.3, 0.4) is 0 Å². The summed E-state index contributed by atoms with van der Waals surface area (Å²) in [6.07, 6.45) is -0.202. The van der Waals surface area contributed by atoms with Crippen molar-refractivity contribution in [3.05, 3.63) is 39.9 Å². The van der Waals surface area contributed by atoms with E-state index >= 15 is 0 Å². The van der Waals surface area contributed by atoms with Crippen LogP contribution in [0.25, 0.3) is 0 Å². The van der Waals surface area contributed by atoms with Gasteiger partial charge in [-0.2, -0.15) is 0 Å². The summed E-state index contributed by atoms with van der Waals surface area (Å²) in [6.45, 7) is 2.64. The fourth-order valence-corrected chi connectivity index (χ4v) is 1.68. The Labute approximate surface area is 122 Å². The molecule has 0 unspecified atom stereocenters. The third kappa shape index (κ3) is 6.62. The average Bonchev–Trinajstić information content (AvgIpc) is 2.38. The second kappa shape index (κ2) is 8.11. The number of nitro benzene ring substituents is 1. The molecule has 0 aromatic heterocycles. The van der Waals surface area contributed by atoms with Gasteiger partial charge < -0.3 is 4.74 Å². The quantitative estimate of drug-likeness (QED) is 0.313. The third-order valence-electron chi connectivity index (χ3n) is 2.73. The minimum Gasteiger partial charge on any atom is -0.464 e. The highest BCUT2D eigenvalue weighted by atomic mass is 16.6. The number of carbonyl (C=O) groups is 2. The van der Waals surface area contributed by atoms with Crippen LogP contribution in [-0.2, 0) is 20.9 Å². The number of esters is 1. The molecule has 0 bridgehead atoms. The molecular formula is C14H18N2O5. The van der Waals surface area contributed by atoms with Gasteiger partial charge in [0.2, 0.25) is 0 Å². The summed E-state index contributed by atoms with van der Waals surface area (Å²) in [7, 11) is 1.85. The lowest BCUT2D eigenvalue weighted by Crippen LogP contribution is -2.24. The molecule has 0 fully saturated rings. The van der Waals surface area contributed by atoms with Crippen LogP contribution >= 0.6 is 0 Å². The number of hydrogen-bond acceptors (Lipinski definition) is 6. The van der Waals surface area contributed by atoms with E-state index in [9.17, 15) is 19.7 Å². The fraction of sp³-hybridized carbons (Fsp3) is 0.429. The number of carbonyl (C=O) groups excluding carboxylic acids is 2. The summed E-state index contributed by atoms with van der Waals surface area (Å²) in [4.78, 5) is 33.9. The number of Topliss-reactive ketones (excluding diaryl/α,β-unsaturated/α-hetero) is 1. The Balaban J connectivity index is 2.33. The molecule has 0 aliphatic heterocycles. The number of likely N-dealkylation sites (N-methyl/N-ethyl adjacent to an activating group) is 1. The fourth-order valence-electron chi connectivity index (χ4n) is 1.68. The minimum atomic E-state index is -0.522. The van der Waals surface area contributed by atoms with Crippen LogP contribution < -0.4 is 0 Å². The SMILES string of the molecule is CC(=O)CC(=O)OCCN(C)Cc1ccc([N+](=O)[O-])cc1. The van der Waals surface area contributed by atoms with Gasteiger partial charge in [-0.15, -0.1) is 0 Å². The Morgan fingerprint density at radius 3 is 2.43 bits per heavy atom. The van der Waals surface area contributed by atoms with Crippen molar-refractivity contribution in [2.24, 2.45) is 0 Å². The smallest absolute Gasteiger partial charge is 0.313 e. The Morgan fingerprint density at radius 1 is 1.29 bits per heavy atom. The highest BCUT2D eigenvalue weighted by Gasteiger charge is 2.08. The number of non-ortho nitro benzene ring substituents is 1. The topological polar surface area (TPSA) is 89.8 Å². The van der Waals surface area contributed by atoms with Crippen molar-refractivity contribution < 1.29 is 19.2 Å². The van der Waals surface area contributed by atoms with E-state index in [4.69, 9.17) is 4.74 Å². The van der Waals surface area contributed by atoms with Crippen molar-refractivity contribution in [2.75, 3.05) is 20.2 Å². The first-order valence-electron chi connectivity index (χ1n) is 6.45. The second-order valence-corrected chi connectivity index (χ2v) is 4.76. The van der Waals surface area contributed by atoms with Crippen LogP contribution in [0.4, 0.5) is 5.69 Å². The molecule has 1 aromatic rings. The zero-order valence-corrected chi connectivity index (χ0v) is 12.1. The molecule has 0 atom stereocenters. The molecule has 1 rings (SSSR count).